The molecule has 0 aromatic heterocycles. The summed E-state index contributed by atoms with van der Waals surface area (Å²) in [5.41, 5.74) is 0.246. The van der Waals surface area contributed by atoms with Crippen LogP contribution in [0, 0.1) is 0 Å². The molecular weight excluding hydrogens is 286 g/mol. The average molecular weight is 299 g/mol. The SMILES string of the molecule is O=C(O)c1ccccc1NC(=O)[C@H]1COc2ccccc2O1. The number of amides is 1. The number of anilines is 1. The Bertz CT molecular complexity index is 728. The van der Waals surface area contributed by atoms with Crippen LogP contribution < -0.4 is 14.8 Å². The molecule has 1 amide bonds. The number of hydrogen-bond donors (Lipinski definition) is 2. The van der Waals surface area contributed by atoms with Crippen molar-refractivity contribution in [1.82, 2.24) is 0 Å². The minimum Gasteiger partial charge on any atom is -0.485 e. The predicted octanol–water partition coefficient (Wildman–Crippen LogP) is 2.16. The lowest BCUT2D eigenvalue weighted by atomic mass is 10.1. The van der Waals surface area contributed by atoms with Crippen molar-refractivity contribution in [3.8, 4) is 11.5 Å². The molecule has 0 bridgehead atoms. The molecule has 2 N–H and O–H groups in total. The number of nitrogens with one attached hydrogen (secondary N) is 1. The summed E-state index contributed by atoms with van der Waals surface area (Å²) in [4.78, 5) is 23.4. The molecule has 0 saturated heterocycles. The van der Waals surface area contributed by atoms with Crippen LogP contribution in [-0.2, 0) is 4.79 Å². The number of carboxylic acids is 1. The molecule has 6 heteroatoms. The molecule has 22 heavy (non-hydrogen) atoms. The minimum atomic E-state index is -1.11. The van der Waals surface area contributed by atoms with E-state index in [1.54, 1.807) is 30.3 Å². The second kappa shape index (κ2) is 5.77. The van der Waals surface area contributed by atoms with E-state index in [4.69, 9.17) is 14.6 Å². The van der Waals surface area contributed by atoms with Crippen LogP contribution in [0.3, 0.4) is 0 Å². The Morgan fingerprint density at radius 1 is 1.05 bits per heavy atom. The number of rotatable bonds is 3. The van der Waals surface area contributed by atoms with Crippen molar-refractivity contribution in [3.63, 3.8) is 0 Å². The highest BCUT2D eigenvalue weighted by molar-refractivity contribution is 6.02. The summed E-state index contributed by atoms with van der Waals surface area (Å²) in [6.45, 7) is 0.0675. The van der Waals surface area contributed by atoms with Gasteiger partial charge in [0.15, 0.2) is 11.5 Å². The maximum Gasteiger partial charge on any atom is 0.337 e. The highest BCUT2D eigenvalue weighted by atomic mass is 16.6. The molecule has 0 unspecified atom stereocenters. The van der Waals surface area contributed by atoms with Crippen molar-refractivity contribution < 1.29 is 24.2 Å². The fourth-order valence-corrected chi connectivity index (χ4v) is 2.14. The van der Waals surface area contributed by atoms with Gasteiger partial charge in [0.05, 0.1) is 11.3 Å². The van der Waals surface area contributed by atoms with Gasteiger partial charge in [0.2, 0.25) is 6.10 Å². The minimum absolute atomic E-state index is 0.0213. The number of para-hydroxylation sites is 3. The Morgan fingerprint density at radius 3 is 2.50 bits per heavy atom. The van der Waals surface area contributed by atoms with E-state index >= 15 is 0 Å². The van der Waals surface area contributed by atoms with Gasteiger partial charge in [-0.2, -0.15) is 0 Å². The molecule has 0 fully saturated rings. The summed E-state index contributed by atoms with van der Waals surface area (Å²) in [7, 11) is 0. The summed E-state index contributed by atoms with van der Waals surface area (Å²) in [6, 6.07) is 13.2. The quantitative estimate of drug-likeness (QED) is 0.907. The summed E-state index contributed by atoms with van der Waals surface area (Å²) < 4.78 is 11.1. The van der Waals surface area contributed by atoms with E-state index in [1.165, 1.54) is 12.1 Å². The van der Waals surface area contributed by atoms with Crippen molar-refractivity contribution in [1.29, 1.82) is 0 Å². The summed E-state index contributed by atoms with van der Waals surface area (Å²) >= 11 is 0. The molecule has 1 aliphatic rings. The van der Waals surface area contributed by atoms with E-state index in [0.29, 0.717) is 11.5 Å². The number of aromatic carboxylic acids is 1. The van der Waals surface area contributed by atoms with E-state index in [-0.39, 0.29) is 17.9 Å². The lowest BCUT2D eigenvalue weighted by molar-refractivity contribution is -0.125. The number of carbonyl (C=O) groups is 2. The van der Waals surface area contributed by atoms with E-state index in [9.17, 15) is 9.59 Å². The van der Waals surface area contributed by atoms with Gasteiger partial charge in [-0.15, -0.1) is 0 Å². The number of fused-ring (bicyclic) bond motifs is 1. The first-order chi connectivity index (χ1) is 10.6. The van der Waals surface area contributed by atoms with Gasteiger partial charge < -0.3 is 19.9 Å². The first kappa shape index (κ1) is 13.9. The molecule has 1 aliphatic heterocycles. The Hall–Kier alpha value is -3.02. The van der Waals surface area contributed by atoms with Gasteiger partial charge in [-0.1, -0.05) is 24.3 Å². The van der Waals surface area contributed by atoms with Gasteiger partial charge in [-0.3, -0.25) is 4.79 Å². The largest absolute Gasteiger partial charge is 0.485 e. The molecule has 0 radical (unpaired) electrons. The Morgan fingerprint density at radius 2 is 1.73 bits per heavy atom. The smallest absolute Gasteiger partial charge is 0.337 e. The van der Waals surface area contributed by atoms with Crippen molar-refractivity contribution in [2.75, 3.05) is 11.9 Å². The third-order valence-electron chi connectivity index (χ3n) is 3.22. The molecule has 1 heterocycles. The van der Waals surface area contributed by atoms with E-state index in [0.717, 1.165) is 0 Å². The van der Waals surface area contributed by atoms with E-state index in [1.807, 2.05) is 6.07 Å². The van der Waals surface area contributed by atoms with Crippen LogP contribution in [0.4, 0.5) is 5.69 Å². The van der Waals surface area contributed by atoms with Crippen LogP contribution in [0.25, 0.3) is 0 Å². The molecule has 0 aliphatic carbocycles. The van der Waals surface area contributed by atoms with Crippen LogP contribution in [0.15, 0.2) is 48.5 Å². The van der Waals surface area contributed by atoms with Gasteiger partial charge in [0, 0.05) is 0 Å². The molecule has 2 aromatic rings. The zero-order chi connectivity index (χ0) is 15.5. The van der Waals surface area contributed by atoms with Gasteiger partial charge in [-0.05, 0) is 24.3 Å². The zero-order valence-corrected chi connectivity index (χ0v) is 11.5. The van der Waals surface area contributed by atoms with Crippen LogP contribution in [0.1, 0.15) is 10.4 Å². The third-order valence-corrected chi connectivity index (χ3v) is 3.22. The Kier molecular flexibility index (Phi) is 3.65. The van der Waals surface area contributed by atoms with Crippen LogP contribution in [-0.4, -0.2) is 29.7 Å². The standard InChI is InChI=1S/C16H13NO5/c18-15(17-11-6-2-1-5-10(11)16(19)20)14-9-21-12-7-3-4-8-13(12)22-14/h1-8,14H,9H2,(H,17,18)(H,19,20)/t14-/m1/s1. The zero-order valence-electron chi connectivity index (χ0n) is 11.5. The first-order valence-electron chi connectivity index (χ1n) is 6.67. The normalized spacial score (nSPS) is 15.9. The maximum atomic E-state index is 12.2. The molecule has 3 rings (SSSR count). The highest BCUT2D eigenvalue weighted by Crippen LogP contribution is 2.31. The third kappa shape index (κ3) is 2.71. The van der Waals surface area contributed by atoms with Crippen LogP contribution in [0.2, 0.25) is 0 Å². The molecule has 6 nitrogen and oxygen atoms in total. The molecule has 2 aromatic carbocycles. The monoisotopic (exact) mass is 299 g/mol. The van der Waals surface area contributed by atoms with Crippen molar-refractivity contribution >= 4 is 17.6 Å². The number of benzene rings is 2. The molecule has 0 spiro atoms. The number of hydrogen-bond acceptors (Lipinski definition) is 4. The van der Waals surface area contributed by atoms with Crippen molar-refractivity contribution in [2.24, 2.45) is 0 Å². The van der Waals surface area contributed by atoms with Crippen LogP contribution in [0.5, 0.6) is 11.5 Å². The molecule has 112 valence electrons. The predicted molar refractivity (Wildman–Crippen MR) is 78.4 cm³/mol. The Labute approximate surface area is 126 Å². The second-order valence-electron chi connectivity index (χ2n) is 4.70. The van der Waals surface area contributed by atoms with E-state index < -0.39 is 18.0 Å². The summed E-state index contributed by atoms with van der Waals surface area (Å²) in [6.07, 6.45) is -0.836. The summed E-state index contributed by atoms with van der Waals surface area (Å²) in [5.74, 6) is -0.497. The van der Waals surface area contributed by atoms with Gasteiger partial charge >= 0.3 is 5.97 Å². The Balaban J connectivity index is 1.75. The van der Waals surface area contributed by atoms with Gasteiger partial charge in [-0.25, -0.2) is 4.79 Å². The van der Waals surface area contributed by atoms with Crippen molar-refractivity contribution in [2.45, 2.75) is 6.10 Å². The highest BCUT2D eigenvalue weighted by Gasteiger charge is 2.28. The van der Waals surface area contributed by atoms with E-state index in [2.05, 4.69) is 5.32 Å². The molecular formula is C16H13NO5. The first-order valence-corrected chi connectivity index (χ1v) is 6.67. The second-order valence-corrected chi connectivity index (χ2v) is 4.70. The number of carbonyl (C=O) groups excluding carboxylic acids is 1. The average Bonchev–Trinajstić information content (AvgIpc) is 2.54. The van der Waals surface area contributed by atoms with Gasteiger partial charge in [0.25, 0.3) is 5.91 Å². The number of carboxylic acid groups (broad SMARTS) is 1. The number of ether oxygens (including phenoxy) is 2. The molecule has 1 atom stereocenters. The maximum absolute atomic E-state index is 12.2. The summed E-state index contributed by atoms with van der Waals surface area (Å²) in [5, 5.41) is 11.7. The fourth-order valence-electron chi connectivity index (χ4n) is 2.14. The van der Waals surface area contributed by atoms with Crippen molar-refractivity contribution in [3.05, 3.63) is 54.1 Å². The van der Waals surface area contributed by atoms with Gasteiger partial charge in [0.1, 0.15) is 6.61 Å². The lowest BCUT2D eigenvalue weighted by Gasteiger charge is -2.25. The topological polar surface area (TPSA) is 84.9 Å². The fraction of sp³-hybridized carbons (Fsp3) is 0.125. The lowest BCUT2D eigenvalue weighted by Crippen LogP contribution is -2.40. The van der Waals surface area contributed by atoms with Crippen LogP contribution >= 0.6 is 0 Å². The molecule has 0 saturated carbocycles.